The summed E-state index contributed by atoms with van der Waals surface area (Å²) >= 11 is 0. The Hall–Kier alpha value is -3.45. The van der Waals surface area contributed by atoms with Crippen molar-refractivity contribution >= 4 is 27.7 Å². The van der Waals surface area contributed by atoms with Gasteiger partial charge in [-0.2, -0.15) is 5.10 Å². The topological polar surface area (TPSA) is 72.2 Å². The lowest BCUT2D eigenvalue weighted by Crippen LogP contribution is -2.37. The van der Waals surface area contributed by atoms with E-state index in [4.69, 9.17) is 0 Å². The summed E-state index contributed by atoms with van der Waals surface area (Å²) in [5.74, 6) is -0.185. The van der Waals surface area contributed by atoms with Crippen molar-refractivity contribution in [3.63, 3.8) is 0 Å². The number of hydrogen-bond acceptors (Lipinski definition) is 4. The maximum Gasteiger partial charge on any atom is 0.291 e. The summed E-state index contributed by atoms with van der Waals surface area (Å²) in [6, 6.07) is 18.8. The van der Waals surface area contributed by atoms with Crippen LogP contribution >= 0.6 is 0 Å². The highest BCUT2D eigenvalue weighted by molar-refractivity contribution is 6.07. The van der Waals surface area contributed by atoms with E-state index < -0.39 is 0 Å². The molecule has 0 unspecified atom stereocenters. The van der Waals surface area contributed by atoms with E-state index in [2.05, 4.69) is 34.5 Å². The summed E-state index contributed by atoms with van der Waals surface area (Å²) in [5, 5.41) is 9.14. The minimum atomic E-state index is -0.244. The summed E-state index contributed by atoms with van der Waals surface area (Å²) in [7, 11) is 2.19. The molecular formula is C29H35N5O2. The normalized spacial score (nSPS) is 14.6. The van der Waals surface area contributed by atoms with Crippen molar-refractivity contribution in [3.05, 3.63) is 76.7 Å². The molecule has 1 amide bonds. The van der Waals surface area contributed by atoms with E-state index in [-0.39, 0.29) is 18.0 Å². The van der Waals surface area contributed by atoms with Crippen LogP contribution in [-0.4, -0.2) is 51.3 Å². The van der Waals surface area contributed by atoms with Crippen LogP contribution in [0.2, 0.25) is 0 Å². The van der Waals surface area contributed by atoms with Crippen molar-refractivity contribution in [2.75, 3.05) is 20.1 Å². The molecule has 0 radical (unpaired) electrons. The molecule has 1 fully saturated rings. The van der Waals surface area contributed by atoms with Crippen molar-refractivity contribution in [1.82, 2.24) is 24.6 Å². The van der Waals surface area contributed by atoms with Gasteiger partial charge in [-0.15, -0.1) is 0 Å². The van der Waals surface area contributed by atoms with E-state index in [9.17, 15) is 9.59 Å². The van der Waals surface area contributed by atoms with Crippen LogP contribution in [0, 0.1) is 0 Å². The van der Waals surface area contributed by atoms with Crippen molar-refractivity contribution in [1.29, 1.82) is 0 Å². The van der Waals surface area contributed by atoms with Crippen molar-refractivity contribution in [2.24, 2.45) is 0 Å². The lowest BCUT2D eigenvalue weighted by Gasteiger charge is -2.31. The van der Waals surface area contributed by atoms with Gasteiger partial charge in [0.1, 0.15) is 12.1 Å². The van der Waals surface area contributed by atoms with E-state index in [1.165, 1.54) is 36.8 Å². The van der Waals surface area contributed by atoms with Gasteiger partial charge < -0.3 is 14.8 Å². The molecule has 1 saturated carbocycles. The highest BCUT2D eigenvalue weighted by Crippen LogP contribution is 2.27. The predicted octanol–water partition coefficient (Wildman–Crippen LogP) is 4.17. The number of nitrogens with zero attached hydrogens (tertiary/aromatic N) is 4. The summed E-state index contributed by atoms with van der Waals surface area (Å²) in [6.07, 6.45) is 9.16. The van der Waals surface area contributed by atoms with Gasteiger partial charge in [-0.3, -0.25) is 9.59 Å². The molecule has 0 bridgehead atoms. The fourth-order valence-electron chi connectivity index (χ4n) is 5.49. The van der Waals surface area contributed by atoms with Gasteiger partial charge in [0.05, 0.1) is 6.20 Å². The maximum absolute atomic E-state index is 13.5. The third-order valence-corrected chi connectivity index (χ3v) is 7.46. The number of nitrogens with one attached hydrogen (secondary N) is 1. The molecule has 2 aromatic carbocycles. The zero-order valence-electron chi connectivity index (χ0n) is 21.0. The number of amides is 1. The molecule has 7 nitrogen and oxygen atoms in total. The molecule has 1 aliphatic carbocycles. The van der Waals surface area contributed by atoms with Crippen LogP contribution in [0.15, 0.2) is 65.6 Å². The standard InChI is InChI=1S/C29H35N5O2/c1-32(23-13-6-3-7-14-23)18-10-17-30-27(35)21-34-29(36)28-25(19-31-34)24-15-8-9-16-26(24)33(28)20-22-11-4-2-5-12-22/h2,4-5,8-9,11-12,15-16,19,23H,3,6-7,10,13-14,17-18,20-21H2,1H3,(H,30,35). The van der Waals surface area contributed by atoms with E-state index in [0.29, 0.717) is 24.6 Å². The van der Waals surface area contributed by atoms with Crippen LogP contribution in [-0.2, 0) is 17.9 Å². The van der Waals surface area contributed by atoms with Crippen LogP contribution in [0.3, 0.4) is 0 Å². The SMILES string of the molecule is CN(CCCNC(=O)Cn1ncc2c3ccccc3n(Cc3ccccc3)c2c1=O)C1CCCCC1. The Bertz CT molecular complexity index is 1390. The van der Waals surface area contributed by atoms with E-state index in [1.807, 2.05) is 47.0 Å². The first-order valence-corrected chi connectivity index (χ1v) is 13.1. The quantitative estimate of drug-likeness (QED) is 0.361. The molecule has 2 aromatic heterocycles. The van der Waals surface area contributed by atoms with Crippen LogP contribution in [0.1, 0.15) is 44.1 Å². The Balaban J connectivity index is 1.29. The van der Waals surface area contributed by atoms with E-state index in [1.54, 1.807) is 6.20 Å². The van der Waals surface area contributed by atoms with Crippen molar-refractivity contribution in [2.45, 2.75) is 57.7 Å². The second-order valence-electron chi connectivity index (χ2n) is 9.93. The van der Waals surface area contributed by atoms with Gasteiger partial charge in [-0.05, 0) is 44.5 Å². The number of fused-ring (bicyclic) bond motifs is 3. The first-order valence-electron chi connectivity index (χ1n) is 13.1. The Morgan fingerprint density at radius 1 is 1.03 bits per heavy atom. The van der Waals surface area contributed by atoms with Gasteiger partial charge >= 0.3 is 0 Å². The Morgan fingerprint density at radius 3 is 2.58 bits per heavy atom. The molecular weight excluding hydrogens is 450 g/mol. The second-order valence-corrected chi connectivity index (χ2v) is 9.93. The average molecular weight is 486 g/mol. The molecule has 0 atom stereocenters. The third-order valence-electron chi connectivity index (χ3n) is 7.46. The van der Waals surface area contributed by atoms with Gasteiger partial charge in [-0.1, -0.05) is 67.8 Å². The molecule has 36 heavy (non-hydrogen) atoms. The molecule has 2 heterocycles. The van der Waals surface area contributed by atoms with Gasteiger partial charge in [-0.25, -0.2) is 4.68 Å². The minimum Gasteiger partial charge on any atom is -0.354 e. The summed E-state index contributed by atoms with van der Waals surface area (Å²) in [4.78, 5) is 28.6. The average Bonchev–Trinajstić information content (AvgIpc) is 3.23. The number of aromatic nitrogens is 3. The molecule has 1 N–H and O–H groups in total. The first kappa shape index (κ1) is 24.3. The van der Waals surface area contributed by atoms with Crippen LogP contribution in [0.4, 0.5) is 0 Å². The molecule has 188 valence electrons. The highest BCUT2D eigenvalue weighted by atomic mass is 16.2. The van der Waals surface area contributed by atoms with Gasteiger partial charge in [0.25, 0.3) is 5.56 Å². The third kappa shape index (κ3) is 5.21. The first-order chi connectivity index (χ1) is 17.6. The maximum atomic E-state index is 13.5. The minimum absolute atomic E-state index is 0.0832. The fraction of sp³-hybridized carbons (Fsp3) is 0.414. The Morgan fingerprint density at radius 2 is 1.78 bits per heavy atom. The number of hydrogen-bond donors (Lipinski definition) is 1. The summed E-state index contributed by atoms with van der Waals surface area (Å²) in [6.45, 7) is 2.06. The van der Waals surface area contributed by atoms with Gasteiger partial charge in [0.15, 0.2) is 0 Å². The molecule has 5 rings (SSSR count). The largest absolute Gasteiger partial charge is 0.354 e. The number of rotatable bonds is 9. The lowest BCUT2D eigenvalue weighted by molar-refractivity contribution is -0.121. The van der Waals surface area contributed by atoms with Crippen molar-refractivity contribution in [3.8, 4) is 0 Å². The zero-order valence-corrected chi connectivity index (χ0v) is 21.0. The van der Waals surface area contributed by atoms with Crippen LogP contribution in [0.5, 0.6) is 0 Å². The Labute approximate surface area is 211 Å². The van der Waals surface area contributed by atoms with E-state index in [0.717, 1.165) is 34.8 Å². The predicted molar refractivity (Wildman–Crippen MR) is 144 cm³/mol. The molecule has 0 saturated heterocycles. The summed E-state index contributed by atoms with van der Waals surface area (Å²) in [5.41, 5.74) is 2.43. The Kier molecular flexibility index (Phi) is 7.47. The fourth-order valence-corrected chi connectivity index (χ4v) is 5.49. The number of benzene rings is 2. The van der Waals surface area contributed by atoms with Gasteiger partial charge in [0.2, 0.25) is 5.91 Å². The molecule has 7 heteroatoms. The smallest absolute Gasteiger partial charge is 0.291 e. The molecule has 4 aromatic rings. The second kappa shape index (κ2) is 11.1. The molecule has 0 aliphatic heterocycles. The monoisotopic (exact) mass is 485 g/mol. The number of carbonyl (C=O) groups excluding carboxylic acids is 1. The van der Waals surface area contributed by atoms with Crippen LogP contribution < -0.4 is 10.9 Å². The number of carbonyl (C=O) groups is 1. The summed E-state index contributed by atoms with van der Waals surface area (Å²) < 4.78 is 3.33. The van der Waals surface area contributed by atoms with E-state index >= 15 is 0 Å². The van der Waals surface area contributed by atoms with Crippen molar-refractivity contribution < 1.29 is 4.79 Å². The zero-order chi connectivity index (χ0) is 24.9. The lowest BCUT2D eigenvalue weighted by atomic mass is 9.94. The van der Waals surface area contributed by atoms with Crippen LogP contribution in [0.25, 0.3) is 21.8 Å². The molecule has 1 aliphatic rings. The highest BCUT2D eigenvalue weighted by Gasteiger charge is 2.19. The van der Waals surface area contributed by atoms with Gasteiger partial charge in [0, 0.05) is 35.4 Å². The number of para-hydroxylation sites is 1. The molecule has 0 spiro atoms.